The lowest BCUT2D eigenvalue weighted by molar-refractivity contribution is -0.138. The molecule has 1 aliphatic rings. The molecule has 116 valence electrons. The Morgan fingerprint density at radius 2 is 2.14 bits per heavy atom. The molecule has 1 fully saturated rings. The molecular formula is C15H18F3NO2. The topological polar surface area (TPSA) is 40.5 Å². The Morgan fingerprint density at radius 3 is 2.76 bits per heavy atom. The summed E-state index contributed by atoms with van der Waals surface area (Å²) >= 11 is 0. The summed E-state index contributed by atoms with van der Waals surface area (Å²) in [4.78, 5) is 13.6. The molecule has 0 aromatic heterocycles. The first kappa shape index (κ1) is 15.8. The zero-order valence-electron chi connectivity index (χ0n) is 11.7. The van der Waals surface area contributed by atoms with Gasteiger partial charge >= 0.3 is 6.18 Å². The van der Waals surface area contributed by atoms with Crippen molar-refractivity contribution in [1.29, 1.82) is 0 Å². The maximum Gasteiger partial charge on any atom is 0.416 e. The van der Waals surface area contributed by atoms with Crippen LogP contribution in [0.5, 0.6) is 0 Å². The minimum absolute atomic E-state index is 0.0784. The number of nitrogens with zero attached hydrogens (tertiary/aromatic N) is 1. The van der Waals surface area contributed by atoms with E-state index in [9.17, 15) is 23.1 Å². The second-order valence-corrected chi connectivity index (χ2v) is 5.55. The first-order valence-corrected chi connectivity index (χ1v) is 6.89. The van der Waals surface area contributed by atoms with Gasteiger partial charge in [-0.2, -0.15) is 13.2 Å². The monoisotopic (exact) mass is 301 g/mol. The van der Waals surface area contributed by atoms with E-state index in [1.54, 1.807) is 0 Å². The summed E-state index contributed by atoms with van der Waals surface area (Å²) < 4.78 is 37.9. The van der Waals surface area contributed by atoms with Crippen LogP contribution in [-0.2, 0) is 17.4 Å². The van der Waals surface area contributed by atoms with Gasteiger partial charge in [-0.05, 0) is 24.0 Å². The Morgan fingerprint density at radius 1 is 1.43 bits per heavy atom. The number of alkyl halides is 3. The molecule has 1 saturated heterocycles. The summed E-state index contributed by atoms with van der Waals surface area (Å²) in [7, 11) is 0. The van der Waals surface area contributed by atoms with E-state index >= 15 is 0 Å². The van der Waals surface area contributed by atoms with Crippen molar-refractivity contribution in [1.82, 2.24) is 4.90 Å². The highest BCUT2D eigenvalue weighted by Gasteiger charge is 2.31. The average molecular weight is 301 g/mol. The molecule has 1 amide bonds. The van der Waals surface area contributed by atoms with Gasteiger partial charge in [0.25, 0.3) is 0 Å². The number of carbonyl (C=O) groups is 1. The fourth-order valence-electron chi connectivity index (χ4n) is 2.42. The summed E-state index contributed by atoms with van der Waals surface area (Å²) in [5.41, 5.74) is -0.414. The van der Waals surface area contributed by atoms with Gasteiger partial charge in [-0.1, -0.05) is 25.1 Å². The normalized spacial score (nSPS) is 23.2. The van der Waals surface area contributed by atoms with Crippen LogP contribution in [0.2, 0.25) is 0 Å². The van der Waals surface area contributed by atoms with Crippen LogP contribution in [0.1, 0.15) is 24.5 Å². The minimum Gasteiger partial charge on any atom is -0.391 e. The number of benzene rings is 1. The molecule has 2 atom stereocenters. The molecule has 1 aromatic carbocycles. The average Bonchev–Trinajstić information content (AvgIpc) is 2.41. The van der Waals surface area contributed by atoms with Crippen molar-refractivity contribution >= 4 is 5.91 Å². The van der Waals surface area contributed by atoms with Gasteiger partial charge in [0.2, 0.25) is 5.91 Å². The van der Waals surface area contributed by atoms with Gasteiger partial charge in [-0.25, -0.2) is 0 Å². The molecule has 1 aliphatic heterocycles. The van der Waals surface area contributed by atoms with Gasteiger partial charge in [0.05, 0.1) is 18.1 Å². The van der Waals surface area contributed by atoms with Gasteiger partial charge < -0.3 is 10.0 Å². The predicted molar refractivity (Wildman–Crippen MR) is 71.5 cm³/mol. The Hall–Kier alpha value is -1.56. The van der Waals surface area contributed by atoms with Crippen molar-refractivity contribution in [3.8, 4) is 0 Å². The number of halogens is 3. The highest BCUT2D eigenvalue weighted by Crippen LogP contribution is 2.29. The van der Waals surface area contributed by atoms with E-state index in [-0.39, 0.29) is 24.8 Å². The van der Waals surface area contributed by atoms with Crippen LogP contribution in [0, 0.1) is 5.92 Å². The van der Waals surface area contributed by atoms with Gasteiger partial charge in [0.15, 0.2) is 0 Å². The molecule has 0 saturated carbocycles. The van der Waals surface area contributed by atoms with Crippen molar-refractivity contribution < 1.29 is 23.1 Å². The van der Waals surface area contributed by atoms with Crippen LogP contribution in [-0.4, -0.2) is 35.1 Å². The van der Waals surface area contributed by atoms with Crippen LogP contribution in [0.15, 0.2) is 24.3 Å². The van der Waals surface area contributed by atoms with E-state index in [2.05, 4.69) is 0 Å². The van der Waals surface area contributed by atoms with Gasteiger partial charge in [0.1, 0.15) is 0 Å². The number of hydrogen-bond donors (Lipinski definition) is 1. The van der Waals surface area contributed by atoms with E-state index < -0.39 is 17.8 Å². The summed E-state index contributed by atoms with van der Waals surface area (Å²) in [5.74, 6) is -0.108. The second kappa shape index (κ2) is 6.05. The van der Waals surface area contributed by atoms with Crippen molar-refractivity contribution in [2.75, 3.05) is 13.1 Å². The van der Waals surface area contributed by atoms with Gasteiger partial charge in [0, 0.05) is 13.1 Å². The van der Waals surface area contributed by atoms with Crippen LogP contribution in [0.25, 0.3) is 0 Å². The third-order valence-electron chi connectivity index (χ3n) is 3.88. The highest BCUT2D eigenvalue weighted by atomic mass is 19.4. The van der Waals surface area contributed by atoms with Crippen LogP contribution >= 0.6 is 0 Å². The Balaban J connectivity index is 2.03. The van der Waals surface area contributed by atoms with Gasteiger partial charge in [-0.3, -0.25) is 4.79 Å². The lowest BCUT2D eigenvalue weighted by Crippen LogP contribution is -2.46. The number of carbonyl (C=O) groups excluding carboxylic acids is 1. The molecule has 3 nitrogen and oxygen atoms in total. The number of β-amino-alcohol motifs (C(OH)–C–C–N with tert-alkyl or cyclic N) is 1. The van der Waals surface area contributed by atoms with E-state index in [4.69, 9.17) is 0 Å². The quantitative estimate of drug-likeness (QED) is 0.911. The van der Waals surface area contributed by atoms with E-state index in [1.807, 2.05) is 6.92 Å². The molecule has 2 rings (SSSR count). The molecular weight excluding hydrogens is 283 g/mol. The largest absolute Gasteiger partial charge is 0.416 e. The number of hydrogen-bond acceptors (Lipinski definition) is 2. The van der Waals surface area contributed by atoms with Crippen molar-refractivity contribution in [3.63, 3.8) is 0 Å². The van der Waals surface area contributed by atoms with Crippen molar-refractivity contribution in [2.24, 2.45) is 5.92 Å². The molecule has 21 heavy (non-hydrogen) atoms. The third kappa shape index (κ3) is 3.97. The number of aliphatic hydroxyl groups excluding tert-OH is 1. The lowest BCUT2D eigenvalue weighted by Gasteiger charge is -2.34. The Kier molecular flexibility index (Phi) is 4.56. The van der Waals surface area contributed by atoms with E-state index in [1.165, 1.54) is 17.0 Å². The smallest absolute Gasteiger partial charge is 0.391 e. The third-order valence-corrected chi connectivity index (χ3v) is 3.88. The van der Waals surface area contributed by atoms with Crippen LogP contribution in [0.3, 0.4) is 0 Å². The van der Waals surface area contributed by atoms with E-state index in [0.29, 0.717) is 18.5 Å². The van der Waals surface area contributed by atoms with Crippen LogP contribution < -0.4 is 0 Å². The molecule has 0 bridgehead atoms. The maximum absolute atomic E-state index is 12.6. The molecule has 0 spiro atoms. The zero-order chi connectivity index (χ0) is 15.6. The Bertz CT molecular complexity index is 516. The highest BCUT2D eigenvalue weighted by molar-refractivity contribution is 5.79. The molecule has 0 aliphatic carbocycles. The van der Waals surface area contributed by atoms with Gasteiger partial charge in [-0.15, -0.1) is 0 Å². The molecule has 1 aromatic rings. The predicted octanol–water partition coefficient (Wildman–Crippen LogP) is 2.48. The number of piperidine rings is 1. The number of likely N-dealkylation sites (tertiary alicyclic amines) is 1. The fourth-order valence-corrected chi connectivity index (χ4v) is 2.42. The summed E-state index contributed by atoms with van der Waals surface area (Å²) in [5, 5.41) is 9.77. The summed E-state index contributed by atoms with van der Waals surface area (Å²) in [6, 6.07) is 4.80. The SMILES string of the molecule is CC1CCN(C(=O)Cc2cccc(C(F)(F)F)c2)CC1O. The van der Waals surface area contributed by atoms with Crippen LogP contribution in [0.4, 0.5) is 13.2 Å². The first-order chi connectivity index (χ1) is 9.77. The summed E-state index contributed by atoms with van der Waals surface area (Å²) in [6.45, 7) is 2.70. The second-order valence-electron chi connectivity index (χ2n) is 5.55. The minimum atomic E-state index is -4.41. The maximum atomic E-state index is 12.6. The Labute approximate surface area is 121 Å². The number of amides is 1. The number of rotatable bonds is 2. The standard InChI is InChI=1S/C15H18F3NO2/c1-10-5-6-19(9-13(10)20)14(21)8-11-3-2-4-12(7-11)15(16,17)18/h2-4,7,10,13,20H,5-6,8-9H2,1H3. The lowest BCUT2D eigenvalue weighted by atomic mass is 9.95. The van der Waals surface area contributed by atoms with Crippen molar-refractivity contribution in [3.05, 3.63) is 35.4 Å². The first-order valence-electron chi connectivity index (χ1n) is 6.89. The number of aliphatic hydroxyl groups is 1. The zero-order valence-corrected chi connectivity index (χ0v) is 11.7. The fraction of sp³-hybridized carbons (Fsp3) is 0.533. The molecule has 1 heterocycles. The molecule has 1 N–H and O–H groups in total. The molecule has 0 radical (unpaired) electrons. The molecule has 2 unspecified atom stereocenters. The summed E-state index contributed by atoms with van der Waals surface area (Å²) in [6.07, 6.45) is -4.35. The van der Waals surface area contributed by atoms with E-state index in [0.717, 1.165) is 12.1 Å². The molecule has 6 heteroatoms. The van der Waals surface area contributed by atoms with Crippen molar-refractivity contribution in [2.45, 2.75) is 32.0 Å².